The molecule has 1 aliphatic heterocycles. The first-order chi connectivity index (χ1) is 3.43. The van der Waals surface area contributed by atoms with Crippen molar-refractivity contribution in [3.8, 4) is 0 Å². The molecule has 2 heteroatoms. The van der Waals surface area contributed by atoms with Crippen LogP contribution in [0.25, 0.3) is 0 Å². The average molecular weight is 116 g/mol. The molecule has 0 aromatic rings. The SMILES string of the molecule is [CH]=[SH]N1CCCC1. The molecule has 0 spiro atoms. The van der Waals surface area contributed by atoms with Crippen LogP contribution in [0.1, 0.15) is 12.8 Å². The number of hydrogen-bond donors (Lipinski definition) is 1. The molecule has 0 aliphatic carbocycles. The summed E-state index contributed by atoms with van der Waals surface area (Å²) in [7, 11) is 0. The summed E-state index contributed by atoms with van der Waals surface area (Å²) < 4.78 is 2.24. The lowest BCUT2D eigenvalue weighted by atomic mass is 10.4. The van der Waals surface area contributed by atoms with E-state index in [0.717, 1.165) is 11.5 Å². The van der Waals surface area contributed by atoms with E-state index in [1.807, 2.05) is 0 Å². The summed E-state index contributed by atoms with van der Waals surface area (Å²) in [5.41, 5.74) is 0. The first-order valence-electron chi connectivity index (χ1n) is 2.59. The molecule has 1 saturated heterocycles. The molecule has 1 aliphatic rings. The summed E-state index contributed by atoms with van der Waals surface area (Å²) in [6.45, 7) is 2.41. The van der Waals surface area contributed by atoms with Gasteiger partial charge in [-0.3, -0.25) is 4.31 Å². The van der Waals surface area contributed by atoms with Crippen LogP contribution in [0.5, 0.6) is 0 Å². The quantitative estimate of drug-likeness (QED) is 0.391. The Morgan fingerprint density at radius 2 is 1.86 bits per heavy atom. The molecule has 7 heavy (non-hydrogen) atoms. The molecule has 1 nitrogen and oxygen atoms in total. The topological polar surface area (TPSA) is 3.24 Å². The van der Waals surface area contributed by atoms with Crippen LogP contribution in [0, 0.1) is 0 Å². The van der Waals surface area contributed by atoms with Crippen molar-refractivity contribution in [2.45, 2.75) is 12.8 Å². The first kappa shape index (κ1) is 5.32. The van der Waals surface area contributed by atoms with Gasteiger partial charge in [0.05, 0.1) is 0 Å². The van der Waals surface area contributed by atoms with E-state index in [0.29, 0.717) is 0 Å². The van der Waals surface area contributed by atoms with Gasteiger partial charge in [-0.25, -0.2) is 0 Å². The highest BCUT2D eigenvalue weighted by molar-refractivity contribution is 7.94. The van der Waals surface area contributed by atoms with Gasteiger partial charge >= 0.3 is 0 Å². The predicted octanol–water partition coefficient (Wildman–Crippen LogP) is 0.772. The molecule has 0 aromatic carbocycles. The molecule has 0 saturated carbocycles. The Hall–Kier alpha value is 0.180. The smallest absolute Gasteiger partial charge is 0.00828 e. The zero-order valence-electron chi connectivity index (χ0n) is 4.30. The van der Waals surface area contributed by atoms with Crippen LogP contribution in [0.2, 0.25) is 0 Å². The lowest BCUT2D eigenvalue weighted by molar-refractivity contribution is 0.593. The Kier molecular flexibility index (Phi) is 1.88. The van der Waals surface area contributed by atoms with Crippen LogP contribution in [0.4, 0.5) is 0 Å². The van der Waals surface area contributed by atoms with E-state index in [9.17, 15) is 0 Å². The van der Waals surface area contributed by atoms with Crippen molar-refractivity contribution in [3.05, 3.63) is 0 Å². The molecule has 0 aromatic heterocycles. The van der Waals surface area contributed by atoms with Crippen LogP contribution >= 0.6 is 11.5 Å². The van der Waals surface area contributed by atoms with Crippen LogP contribution in [0.15, 0.2) is 0 Å². The highest BCUT2D eigenvalue weighted by Crippen LogP contribution is 2.10. The molecule has 41 valence electrons. The summed E-state index contributed by atoms with van der Waals surface area (Å²) in [5.74, 6) is 5.33. The van der Waals surface area contributed by atoms with Crippen molar-refractivity contribution in [1.29, 1.82) is 0 Å². The van der Waals surface area contributed by atoms with Crippen LogP contribution < -0.4 is 0 Å². The van der Waals surface area contributed by atoms with E-state index in [2.05, 4.69) is 4.31 Å². The van der Waals surface area contributed by atoms with Crippen molar-refractivity contribution < 1.29 is 0 Å². The molecule has 1 heterocycles. The zero-order valence-corrected chi connectivity index (χ0v) is 5.19. The lowest BCUT2D eigenvalue weighted by Gasteiger charge is -2.03. The minimum absolute atomic E-state index is 0.955. The Labute approximate surface area is 48.4 Å². The second-order valence-electron chi connectivity index (χ2n) is 1.78. The van der Waals surface area contributed by atoms with E-state index >= 15 is 0 Å². The van der Waals surface area contributed by atoms with Crippen molar-refractivity contribution in [2.24, 2.45) is 0 Å². The fourth-order valence-electron chi connectivity index (χ4n) is 0.816. The molecule has 1 fully saturated rings. The van der Waals surface area contributed by atoms with Crippen molar-refractivity contribution in [2.75, 3.05) is 13.1 Å². The number of thiol groups is 1. The van der Waals surface area contributed by atoms with Crippen molar-refractivity contribution >= 4 is 17.4 Å². The maximum absolute atomic E-state index is 5.33. The van der Waals surface area contributed by atoms with Crippen molar-refractivity contribution in [1.82, 2.24) is 4.31 Å². The van der Waals surface area contributed by atoms with E-state index < -0.39 is 0 Å². The normalized spacial score (nSPS) is 23.4. The summed E-state index contributed by atoms with van der Waals surface area (Å²) in [6, 6.07) is 0. The third-order valence-corrected chi connectivity index (χ3v) is 1.97. The average Bonchev–Trinajstić information content (AvgIpc) is 2.14. The van der Waals surface area contributed by atoms with Gasteiger partial charge in [0, 0.05) is 13.1 Å². The Bertz CT molecular complexity index is 66.5. The molecular formula is C5H10NS. The van der Waals surface area contributed by atoms with Gasteiger partial charge in [0.25, 0.3) is 0 Å². The zero-order chi connectivity index (χ0) is 5.11. The molecule has 0 atom stereocenters. The molecule has 1 rings (SSSR count). The maximum atomic E-state index is 5.33. The summed E-state index contributed by atoms with van der Waals surface area (Å²) in [6.07, 6.45) is 2.68. The number of nitrogens with zero attached hydrogens (tertiary/aromatic N) is 1. The van der Waals surface area contributed by atoms with E-state index in [4.69, 9.17) is 5.87 Å². The minimum atomic E-state index is 0.955. The second kappa shape index (κ2) is 2.48. The molecular weight excluding hydrogens is 106 g/mol. The van der Waals surface area contributed by atoms with Gasteiger partial charge < -0.3 is 0 Å². The first-order valence-corrected chi connectivity index (χ1v) is 3.51. The molecule has 1 radical (unpaired) electrons. The van der Waals surface area contributed by atoms with Gasteiger partial charge in [-0.15, -0.1) is 11.5 Å². The monoisotopic (exact) mass is 116 g/mol. The van der Waals surface area contributed by atoms with Crippen LogP contribution in [0.3, 0.4) is 0 Å². The number of rotatable bonds is 1. The fraction of sp³-hybridized carbons (Fsp3) is 0.800. The largest absolute Gasteiger partial charge is 0.258 e. The van der Waals surface area contributed by atoms with Gasteiger partial charge in [-0.05, 0) is 18.7 Å². The maximum Gasteiger partial charge on any atom is 0.00828 e. The van der Waals surface area contributed by atoms with Gasteiger partial charge in [0.15, 0.2) is 0 Å². The molecule has 0 unspecified atom stereocenters. The summed E-state index contributed by atoms with van der Waals surface area (Å²) in [5, 5.41) is 0. The third kappa shape index (κ3) is 1.28. The Morgan fingerprint density at radius 3 is 2.14 bits per heavy atom. The van der Waals surface area contributed by atoms with Gasteiger partial charge in [0.1, 0.15) is 0 Å². The minimum Gasteiger partial charge on any atom is -0.258 e. The lowest BCUT2D eigenvalue weighted by Crippen LogP contribution is -2.04. The predicted molar refractivity (Wildman–Crippen MR) is 35.9 cm³/mol. The number of hydrogen-bond acceptors (Lipinski definition) is 1. The highest BCUT2D eigenvalue weighted by atomic mass is 32.1. The van der Waals surface area contributed by atoms with Gasteiger partial charge in [0.2, 0.25) is 0 Å². The molecule has 0 bridgehead atoms. The van der Waals surface area contributed by atoms with Gasteiger partial charge in [-0.2, -0.15) is 0 Å². The van der Waals surface area contributed by atoms with Gasteiger partial charge in [-0.1, -0.05) is 0 Å². The van der Waals surface area contributed by atoms with Crippen LogP contribution in [-0.4, -0.2) is 23.3 Å². The fourth-order valence-corrected chi connectivity index (χ4v) is 1.33. The molecule has 0 N–H and O–H groups in total. The van der Waals surface area contributed by atoms with Crippen LogP contribution in [-0.2, 0) is 0 Å². The Balaban J connectivity index is 2.26. The Morgan fingerprint density at radius 1 is 1.29 bits per heavy atom. The summed E-state index contributed by atoms with van der Waals surface area (Å²) >= 11 is 0.955. The van der Waals surface area contributed by atoms with E-state index in [-0.39, 0.29) is 0 Å². The second-order valence-corrected chi connectivity index (χ2v) is 2.57. The van der Waals surface area contributed by atoms with E-state index in [1.165, 1.54) is 25.9 Å². The highest BCUT2D eigenvalue weighted by Gasteiger charge is 2.05. The standard InChI is InChI=1S/C5H10NS/c1-7-6-4-2-3-5-6/h1,7H,2-5H2. The summed E-state index contributed by atoms with van der Waals surface area (Å²) in [4.78, 5) is 0. The van der Waals surface area contributed by atoms with E-state index in [1.54, 1.807) is 0 Å². The third-order valence-electron chi connectivity index (χ3n) is 1.25. The molecule has 0 amide bonds. The van der Waals surface area contributed by atoms with Crippen molar-refractivity contribution in [3.63, 3.8) is 0 Å².